The first-order valence-electron chi connectivity index (χ1n) is 5.83. The van der Waals surface area contributed by atoms with Crippen molar-refractivity contribution in [1.29, 1.82) is 0 Å². The van der Waals surface area contributed by atoms with Crippen LogP contribution in [0, 0.1) is 0 Å². The number of anilines is 1. The van der Waals surface area contributed by atoms with E-state index < -0.39 is 0 Å². The third kappa shape index (κ3) is 3.41. The maximum atomic E-state index is 12.0. The Morgan fingerprint density at radius 2 is 2.05 bits per heavy atom. The fourth-order valence-electron chi connectivity index (χ4n) is 1.49. The zero-order valence-electron chi connectivity index (χ0n) is 11.0. The fourth-order valence-corrected chi connectivity index (χ4v) is 1.86. The van der Waals surface area contributed by atoms with Gasteiger partial charge < -0.3 is 5.32 Å². The number of hydrogen-bond acceptors (Lipinski definition) is 3. The quantitative estimate of drug-likeness (QED) is 0.924. The minimum Gasteiger partial charge on any atom is -0.319 e. The SMILES string of the molecule is CC(C)(C)n1cc(NC(=O)c2cncc(Br)c2)cn1. The molecule has 100 valence electrons. The van der Waals surface area contributed by atoms with Crippen molar-refractivity contribution in [3.05, 3.63) is 40.9 Å². The summed E-state index contributed by atoms with van der Waals surface area (Å²) in [5.74, 6) is -0.206. The van der Waals surface area contributed by atoms with Gasteiger partial charge in [0.25, 0.3) is 5.91 Å². The van der Waals surface area contributed by atoms with Gasteiger partial charge in [0.2, 0.25) is 0 Å². The summed E-state index contributed by atoms with van der Waals surface area (Å²) in [6.07, 6.45) is 6.60. The maximum Gasteiger partial charge on any atom is 0.257 e. The first kappa shape index (κ1) is 13.7. The normalized spacial score (nSPS) is 11.4. The lowest BCUT2D eigenvalue weighted by Crippen LogP contribution is -2.22. The first-order valence-corrected chi connectivity index (χ1v) is 6.62. The Balaban J connectivity index is 2.13. The summed E-state index contributed by atoms with van der Waals surface area (Å²) in [5.41, 5.74) is 1.05. The molecule has 19 heavy (non-hydrogen) atoms. The van der Waals surface area contributed by atoms with E-state index in [-0.39, 0.29) is 11.4 Å². The van der Waals surface area contributed by atoms with Crippen molar-refractivity contribution < 1.29 is 4.79 Å². The Hall–Kier alpha value is -1.69. The largest absolute Gasteiger partial charge is 0.319 e. The molecule has 1 amide bonds. The zero-order chi connectivity index (χ0) is 14.0. The zero-order valence-corrected chi connectivity index (χ0v) is 12.6. The predicted molar refractivity (Wildman–Crippen MR) is 77.1 cm³/mol. The van der Waals surface area contributed by atoms with Crippen molar-refractivity contribution in [3.8, 4) is 0 Å². The van der Waals surface area contributed by atoms with Gasteiger partial charge in [-0.05, 0) is 42.8 Å². The van der Waals surface area contributed by atoms with Crippen molar-refractivity contribution >= 4 is 27.5 Å². The third-order valence-corrected chi connectivity index (χ3v) is 2.93. The minimum absolute atomic E-state index is 0.111. The van der Waals surface area contributed by atoms with Gasteiger partial charge in [-0.2, -0.15) is 5.10 Å². The van der Waals surface area contributed by atoms with Gasteiger partial charge in [-0.25, -0.2) is 0 Å². The van der Waals surface area contributed by atoms with Gasteiger partial charge in [0.1, 0.15) is 0 Å². The number of carbonyl (C=O) groups excluding carboxylic acids is 1. The molecule has 0 atom stereocenters. The first-order chi connectivity index (χ1) is 8.86. The van der Waals surface area contributed by atoms with E-state index >= 15 is 0 Å². The number of rotatable bonds is 2. The van der Waals surface area contributed by atoms with E-state index in [0.29, 0.717) is 11.3 Å². The molecule has 1 N–H and O–H groups in total. The van der Waals surface area contributed by atoms with E-state index in [1.165, 1.54) is 6.20 Å². The van der Waals surface area contributed by atoms with Crippen molar-refractivity contribution in [3.63, 3.8) is 0 Å². The molecule has 0 aromatic carbocycles. The molecule has 5 nitrogen and oxygen atoms in total. The molecule has 0 unspecified atom stereocenters. The summed E-state index contributed by atoms with van der Waals surface area (Å²) >= 11 is 3.29. The number of nitrogens with zero attached hydrogens (tertiary/aromatic N) is 3. The molecular weight excluding hydrogens is 308 g/mol. The summed E-state index contributed by atoms with van der Waals surface area (Å²) in [6, 6.07) is 1.72. The number of hydrogen-bond donors (Lipinski definition) is 1. The highest BCUT2D eigenvalue weighted by Gasteiger charge is 2.15. The second kappa shape index (κ2) is 5.13. The van der Waals surface area contributed by atoms with Gasteiger partial charge in [-0.3, -0.25) is 14.5 Å². The molecule has 6 heteroatoms. The van der Waals surface area contributed by atoms with Crippen LogP contribution < -0.4 is 5.32 Å². The highest BCUT2D eigenvalue weighted by atomic mass is 79.9. The molecule has 0 aliphatic rings. The highest BCUT2D eigenvalue weighted by molar-refractivity contribution is 9.10. The molecule has 2 aromatic heterocycles. The van der Waals surface area contributed by atoms with Crippen LogP contribution >= 0.6 is 15.9 Å². The Morgan fingerprint density at radius 1 is 1.32 bits per heavy atom. The number of halogens is 1. The van der Waals surface area contributed by atoms with E-state index in [0.717, 1.165) is 4.47 Å². The molecule has 2 rings (SSSR count). The van der Waals surface area contributed by atoms with Crippen LogP contribution in [0.5, 0.6) is 0 Å². The monoisotopic (exact) mass is 322 g/mol. The van der Waals surface area contributed by atoms with E-state index in [1.54, 1.807) is 18.5 Å². The number of amides is 1. The molecule has 2 heterocycles. The van der Waals surface area contributed by atoms with E-state index in [2.05, 4.69) is 31.3 Å². The van der Waals surface area contributed by atoms with Crippen molar-refractivity contribution in [2.75, 3.05) is 5.32 Å². The van der Waals surface area contributed by atoms with Crippen LogP contribution in [0.4, 0.5) is 5.69 Å². The smallest absolute Gasteiger partial charge is 0.257 e. The Morgan fingerprint density at radius 3 is 2.63 bits per heavy atom. The molecule has 0 spiro atoms. The Bertz CT molecular complexity index is 601. The molecular formula is C13H15BrN4O. The van der Waals surface area contributed by atoms with Crippen LogP contribution in [0.3, 0.4) is 0 Å². The third-order valence-electron chi connectivity index (χ3n) is 2.49. The average Bonchev–Trinajstić information content (AvgIpc) is 2.77. The summed E-state index contributed by atoms with van der Waals surface area (Å²) in [7, 11) is 0. The van der Waals surface area contributed by atoms with Gasteiger partial charge in [0, 0.05) is 23.1 Å². The minimum atomic E-state index is -0.206. The van der Waals surface area contributed by atoms with E-state index in [9.17, 15) is 4.79 Å². The summed E-state index contributed by atoms with van der Waals surface area (Å²) in [5, 5.41) is 7.02. The number of carbonyl (C=O) groups is 1. The predicted octanol–water partition coefficient (Wildman–Crippen LogP) is 3.05. The Labute approximate surface area is 120 Å². The Kier molecular flexibility index (Phi) is 3.71. The molecule has 2 aromatic rings. The van der Waals surface area contributed by atoms with Gasteiger partial charge in [-0.15, -0.1) is 0 Å². The van der Waals surface area contributed by atoms with Crippen LogP contribution in [-0.2, 0) is 5.54 Å². The van der Waals surface area contributed by atoms with E-state index in [1.807, 2.05) is 31.6 Å². The number of nitrogens with one attached hydrogen (secondary N) is 1. The molecule has 0 fully saturated rings. The van der Waals surface area contributed by atoms with Crippen molar-refractivity contribution in [1.82, 2.24) is 14.8 Å². The van der Waals surface area contributed by atoms with Crippen molar-refractivity contribution in [2.45, 2.75) is 26.3 Å². The molecule has 0 aliphatic carbocycles. The standard InChI is InChI=1S/C13H15BrN4O/c1-13(2,3)18-8-11(7-16-18)17-12(19)9-4-10(14)6-15-5-9/h4-8H,1-3H3,(H,17,19). The maximum absolute atomic E-state index is 12.0. The van der Waals surface area contributed by atoms with Crippen LogP contribution in [0.15, 0.2) is 35.3 Å². The lowest BCUT2D eigenvalue weighted by atomic mass is 10.1. The van der Waals surface area contributed by atoms with Crippen molar-refractivity contribution in [2.24, 2.45) is 0 Å². The molecule has 0 saturated carbocycles. The van der Waals surface area contributed by atoms with Gasteiger partial charge in [0.15, 0.2) is 0 Å². The highest BCUT2D eigenvalue weighted by Crippen LogP contribution is 2.17. The summed E-state index contributed by atoms with van der Waals surface area (Å²) < 4.78 is 2.58. The van der Waals surface area contributed by atoms with E-state index in [4.69, 9.17) is 0 Å². The van der Waals surface area contributed by atoms with Gasteiger partial charge in [-0.1, -0.05) is 0 Å². The van der Waals surface area contributed by atoms with Crippen LogP contribution in [0.25, 0.3) is 0 Å². The average molecular weight is 323 g/mol. The van der Waals surface area contributed by atoms with Crippen LogP contribution in [-0.4, -0.2) is 20.7 Å². The lowest BCUT2D eigenvalue weighted by molar-refractivity contribution is 0.102. The van der Waals surface area contributed by atoms with Gasteiger partial charge >= 0.3 is 0 Å². The second-order valence-corrected chi connectivity index (χ2v) is 6.11. The lowest BCUT2D eigenvalue weighted by Gasteiger charge is -2.18. The van der Waals surface area contributed by atoms with Gasteiger partial charge in [0.05, 0.1) is 23.0 Å². The second-order valence-electron chi connectivity index (χ2n) is 5.19. The topological polar surface area (TPSA) is 59.8 Å². The molecule has 0 radical (unpaired) electrons. The molecule has 0 aliphatic heterocycles. The van der Waals surface area contributed by atoms with Crippen LogP contribution in [0.1, 0.15) is 31.1 Å². The molecule has 0 saturated heterocycles. The number of aromatic nitrogens is 3. The summed E-state index contributed by atoms with van der Waals surface area (Å²) in [4.78, 5) is 16.0. The number of pyridine rings is 1. The molecule has 0 bridgehead atoms. The fraction of sp³-hybridized carbons (Fsp3) is 0.308. The summed E-state index contributed by atoms with van der Waals surface area (Å²) in [6.45, 7) is 6.14. The van der Waals surface area contributed by atoms with Crippen LogP contribution in [0.2, 0.25) is 0 Å².